The topological polar surface area (TPSA) is 16.1 Å². The third-order valence-corrected chi connectivity index (χ3v) is 3.36. The molecule has 0 atom stereocenters. The number of pyridine rings is 1. The predicted molar refractivity (Wildman–Crippen MR) is 67.5 cm³/mol. The van der Waals surface area contributed by atoms with Gasteiger partial charge in [-0.2, -0.15) is 0 Å². The predicted octanol–water partition coefficient (Wildman–Crippen LogP) is 2.89. The fraction of sp³-hybridized carbons (Fsp3) is 0.643. The molecule has 1 fully saturated rings. The lowest BCUT2D eigenvalue weighted by atomic mass is 10.1. The monoisotopic (exact) mass is 218 g/mol. The molecule has 2 heteroatoms. The van der Waals surface area contributed by atoms with Gasteiger partial charge in [0.05, 0.1) is 0 Å². The summed E-state index contributed by atoms with van der Waals surface area (Å²) in [6, 6.07) is 4.20. The van der Waals surface area contributed by atoms with Crippen LogP contribution in [0.2, 0.25) is 0 Å². The molecule has 1 aromatic heterocycles. The van der Waals surface area contributed by atoms with Gasteiger partial charge in [-0.1, -0.05) is 12.5 Å². The molecule has 0 bridgehead atoms. The van der Waals surface area contributed by atoms with E-state index in [0.29, 0.717) is 0 Å². The molecule has 0 radical (unpaired) electrons. The van der Waals surface area contributed by atoms with Gasteiger partial charge in [0.1, 0.15) is 0 Å². The first-order chi connectivity index (χ1) is 7.95. The molecule has 2 nitrogen and oxygen atoms in total. The van der Waals surface area contributed by atoms with Gasteiger partial charge in [-0.25, -0.2) is 0 Å². The molecular weight excluding hydrogens is 196 g/mol. The molecule has 1 saturated heterocycles. The van der Waals surface area contributed by atoms with Crippen LogP contribution in [0.15, 0.2) is 24.5 Å². The van der Waals surface area contributed by atoms with Crippen LogP contribution in [-0.2, 0) is 6.42 Å². The maximum Gasteiger partial charge on any atom is 0.0299 e. The molecule has 0 unspecified atom stereocenters. The Hall–Kier alpha value is -0.890. The van der Waals surface area contributed by atoms with E-state index in [2.05, 4.69) is 16.0 Å². The van der Waals surface area contributed by atoms with Crippen molar-refractivity contribution in [2.75, 3.05) is 19.6 Å². The number of unbranched alkanes of at least 4 members (excludes halogenated alkanes) is 1. The van der Waals surface area contributed by atoms with Crippen molar-refractivity contribution in [2.45, 2.75) is 38.5 Å². The highest BCUT2D eigenvalue weighted by Gasteiger charge is 2.08. The summed E-state index contributed by atoms with van der Waals surface area (Å²) in [4.78, 5) is 6.76. The standard InChI is InChI=1S/C14H22N2/c1-3-10-16(11-4-1)12-5-2-7-14-8-6-9-15-13-14/h6,8-9,13H,1-5,7,10-12H2. The Morgan fingerprint density at radius 2 is 2.00 bits per heavy atom. The minimum absolute atomic E-state index is 1.18. The highest BCUT2D eigenvalue weighted by atomic mass is 15.1. The van der Waals surface area contributed by atoms with Gasteiger partial charge in [-0.05, 0) is 63.4 Å². The maximum absolute atomic E-state index is 4.14. The lowest BCUT2D eigenvalue weighted by Crippen LogP contribution is -2.30. The van der Waals surface area contributed by atoms with Crippen molar-refractivity contribution in [1.29, 1.82) is 0 Å². The van der Waals surface area contributed by atoms with Gasteiger partial charge in [0.2, 0.25) is 0 Å². The molecule has 88 valence electrons. The molecule has 0 saturated carbocycles. The van der Waals surface area contributed by atoms with E-state index >= 15 is 0 Å². The third kappa shape index (κ3) is 3.93. The average Bonchev–Trinajstić information content (AvgIpc) is 2.37. The van der Waals surface area contributed by atoms with E-state index in [1.54, 1.807) is 0 Å². The van der Waals surface area contributed by atoms with Gasteiger partial charge in [0.25, 0.3) is 0 Å². The number of piperidine rings is 1. The van der Waals surface area contributed by atoms with Crippen LogP contribution in [-0.4, -0.2) is 29.5 Å². The van der Waals surface area contributed by atoms with Crippen LogP contribution in [0.5, 0.6) is 0 Å². The van der Waals surface area contributed by atoms with E-state index in [-0.39, 0.29) is 0 Å². The van der Waals surface area contributed by atoms with Gasteiger partial charge < -0.3 is 4.90 Å². The third-order valence-electron chi connectivity index (χ3n) is 3.36. The Morgan fingerprint density at radius 1 is 1.12 bits per heavy atom. The van der Waals surface area contributed by atoms with Crippen LogP contribution in [0.1, 0.15) is 37.7 Å². The molecular formula is C14H22N2. The van der Waals surface area contributed by atoms with Crippen molar-refractivity contribution in [3.63, 3.8) is 0 Å². The van der Waals surface area contributed by atoms with Crippen molar-refractivity contribution in [3.8, 4) is 0 Å². The summed E-state index contributed by atoms with van der Waals surface area (Å²) in [5.74, 6) is 0. The summed E-state index contributed by atoms with van der Waals surface area (Å²) >= 11 is 0. The van der Waals surface area contributed by atoms with E-state index in [9.17, 15) is 0 Å². The molecule has 0 spiro atoms. The van der Waals surface area contributed by atoms with E-state index in [1.165, 1.54) is 63.7 Å². The summed E-state index contributed by atoms with van der Waals surface area (Å²) in [6.07, 6.45) is 11.9. The lowest BCUT2D eigenvalue weighted by molar-refractivity contribution is 0.225. The summed E-state index contributed by atoms with van der Waals surface area (Å²) in [5.41, 5.74) is 1.38. The zero-order valence-electron chi connectivity index (χ0n) is 10.1. The number of hydrogen-bond acceptors (Lipinski definition) is 2. The summed E-state index contributed by atoms with van der Waals surface area (Å²) in [5, 5.41) is 0. The Morgan fingerprint density at radius 3 is 2.75 bits per heavy atom. The number of rotatable bonds is 5. The first kappa shape index (κ1) is 11.6. The SMILES string of the molecule is c1cncc(CCCCN2CCCCC2)c1. The van der Waals surface area contributed by atoms with E-state index in [0.717, 1.165) is 0 Å². The fourth-order valence-corrected chi connectivity index (χ4v) is 2.39. The van der Waals surface area contributed by atoms with Crippen LogP contribution < -0.4 is 0 Å². The maximum atomic E-state index is 4.14. The molecule has 2 heterocycles. The molecule has 1 aliphatic rings. The van der Waals surface area contributed by atoms with Crippen LogP contribution in [0.3, 0.4) is 0 Å². The van der Waals surface area contributed by atoms with Crippen molar-refractivity contribution >= 4 is 0 Å². The summed E-state index contributed by atoms with van der Waals surface area (Å²) < 4.78 is 0. The number of likely N-dealkylation sites (tertiary alicyclic amines) is 1. The number of aryl methyl sites for hydroxylation is 1. The van der Waals surface area contributed by atoms with E-state index in [1.807, 2.05) is 18.5 Å². The van der Waals surface area contributed by atoms with Gasteiger partial charge in [-0.3, -0.25) is 4.98 Å². The quantitative estimate of drug-likeness (QED) is 0.706. The van der Waals surface area contributed by atoms with Gasteiger partial charge >= 0.3 is 0 Å². The van der Waals surface area contributed by atoms with Crippen molar-refractivity contribution in [1.82, 2.24) is 9.88 Å². The summed E-state index contributed by atoms with van der Waals surface area (Å²) in [6.45, 7) is 3.94. The van der Waals surface area contributed by atoms with E-state index < -0.39 is 0 Å². The Bertz CT molecular complexity index is 278. The van der Waals surface area contributed by atoms with Crippen LogP contribution in [0.25, 0.3) is 0 Å². The smallest absolute Gasteiger partial charge is 0.0299 e. The zero-order chi connectivity index (χ0) is 11.1. The van der Waals surface area contributed by atoms with Gasteiger partial charge in [-0.15, -0.1) is 0 Å². The number of nitrogens with zero attached hydrogens (tertiary/aromatic N) is 2. The Kier molecular flexibility index (Phi) is 4.81. The first-order valence-corrected chi connectivity index (χ1v) is 6.56. The average molecular weight is 218 g/mol. The van der Waals surface area contributed by atoms with Crippen molar-refractivity contribution < 1.29 is 0 Å². The van der Waals surface area contributed by atoms with Crippen LogP contribution in [0.4, 0.5) is 0 Å². The lowest BCUT2D eigenvalue weighted by Gasteiger charge is -2.26. The van der Waals surface area contributed by atoms with Crippen molar-refractivity contribution in [2.24, 2.45) is 0 Å². The first-order valence-electron chi connectivity index (χ1n) is 6.56. The van der Waals surface area contributed by atoms with Crippen LogP contribution >= 0.6 is 0 Å². The van der Waals surface area contributed by atoms with Crippen LogP contribution in [0, 0.1) is 0 Å². The molecule has 0 N–H and O–H groups in total. The second kappa shape index (κ2) is 6.64. The highest BCUT2D eigenvalue weighted by molar-refractivity contribution is 5.08. The molecule has 1 aliphatic heterocycles. The minimum Gasteiger partial charge on any atom is -0.303 e. The summed E-state index contributed by atoms with van der Waals surface area (Å²) in [7, 11) is 0. The van der Waals surface area contributed by atoms with Gasteiger partial charge in [0, 0.05) is 12.4 Å². The number of aromatic nitrogens is 1. The van der Waals surface area contributed by atoms with Gasteiger partial charge in [0.15, 0.2) is 0 Å². The normalized spacial score (nSPS) is 17.5. The Labute approximate surface area is 98.7 Å². The molecule has 16 heavy (non-hydrogen) atoms. The second-order valence-electron chi connectivity index (χ2n) is 4.72. The molecule has 1 aromatic rings. The second-order valence-corrected chi connectivity index (χ2v) is 4.72. The molecule has 0 aromatic carbocycles. The van der Waals surface area contributed by atoms with Crippen molar-refractivity contribution in [3.05, 3.63) is 30.1 Å². The van der Waals surface area contributed by atoms with E-state index in [4.69, 9.17) is 0 Å². The largest absolute Gasteiger partial charge is 0.303 e. The fourth-order valence-electron chi connectivity index (χ4n) is 2.39. The Balaban J connectivity index is 1.58. The zero-order valence-corrected chi connectivity index (χ0v) is 10.1. The molecule has 0 amide bonds. The minimum atomic E-state index is 1.18. The number of hydrogen-bond donors (Lipinski definition) is 0. The molecule has 2 rings (SSSR count). The molecule has 0 aliphatic carbocycles. The highest BCUT2D eigenvalue weighted by Crippen LogP contribution is 2.10.